The summed E-state index contributed by atoms with van der Waals surface area (Å²) in [6.45, 7) is 2.23. The molecule has 0 spiro atoms. The number of halogens is 1. The van der Waals surface area contributed by atoms with E-state index < -0.39 is 11.9 Å². The number of ether oxygens (including phenoxy) is 2. The molecule has 1 aromatic carbocycles. The van der Waals surface area contributed by atoms with Crippen LogP contribution in [-0.4, -0.2) is 73.0 Å². The molecule has 0 bridgehead atoms. The van der Waals surface area contributed by atoms with Crippen LogP contribution in [0.2, 0.25) is 0 Å². The summed E-state index contributed by atoms with van der Waals surface area (Å²) < 4.78 is 25.5. The van der Waals surface area contributed by atoms with Gasteiger partial charge in [0.15, 0.2) is 5.05 Å². The van der Waals surface area contributed by atoms with Crippen molar-refractivity contribution < 1.29 is 23.5 Å². The number of aromatic nitrogens is 1. The summed E-state index contributed by atoms with van der Waals surface area (Å²) in [5.41, 5.74) is 4.88. The molecule has 1 aromatic heterocycles. The molecule has 0 radical (unpaired) electrons. The summed E-state index contributed by atoms with van der Waals surface area (Å²) in [6.07, 6.45) is 3.81. The minimum atomic E-state index is -0.507. The van der Waals surface area contributed by atoms with Crippen molar-refractivity contribution in [1.82, 2.24) is 15.4 Å². The van der Waals surface area contributed by atoms with Crippen LogP contribution < -0.4 is 15.2 Å². The van der Waals surface area contributed by atoms with Crippen molar-refractivity contribution in [1.29, 1.82) is 0 Å². The highest BCUT2D eigenvalue weighted by atomic mass is 32.1. The molecule has 2 aliphatic heterocycles. The highest BCUT2D eigenvalue weighted by Crippen LogP contribution is 2.29. The van der Waals surface area contributed by atoms with E-state index >= 15 is 4.39 Å². The van der Waals surface area contributed by atoms with Gasteiger partial charge in [0.1, 0.15) is 11.9 Å². The number of amides is 2. The molecule has 0 unspecified atom stereocenters. The average Bonchev–Trinajstić information content (AvgIpc) is 3.07. The molecule has 4 rings (SSSR count). The number of pyridine rings is 1. The zero-order valence-corrected chi connectivity index (χ0v) is 20.3. The zero-order valence-electron chi connectivity index (χ0n) is 19.5. The van der Waals surface area contributed by atoms with Crippen LogP contribution in [0.25, 0.3) is 0 Å². The van der Waals surface area contributed by atoms with Crippen molar-refractivity contribution in [2.24, 2.45) is 0 Å². The minimum absolute atomic E-state index is 0.0535. The summed E-state index contributed by atoms with van der Waals surface area (Å²) >= 11 is 5.04. The fraction of sp³-hybridized carbons (Fsp3) is 0.417. The van der Waals surface area contributed by atoms with E-state index in [-0.39, 0.29) is 18.4 Å². The largest absolute Gasteiger partial charge is 0.490 e. The molecule has 2 aromatic rings. The van der Waals surface area contributed by atoms with Crippen LogP contribution in [0.1, 0.15) is 18.4 Å². The van der Waals surface area contributed by atoms with Crippen LogP contribution in [0.3, 0.4) is 0 Å². The van der Waals surface area contributed by atoms with E-state index in [2.05, 4.69) is 10.4 Å². The first-order valence-electron chi connectivity index (χ1n) is 11.5. The van der Waals surface area contributed by atoms with Gasteiger partial charge in [-0.3, -0.25) is 19.7 Å². The number of nitrogens with one attached hydrogen (secondary N) is 1. The van der Waals surface area contributed by atoms with Gasteiger partial charge in [-0.05, 0) is 54.5 Å². The Morgan fingerprint density at radius 2 is 2.06 bits per heavy atom. The third kappa shape index (κ3) is 6.23. The average molecular weight is 502 g/mol. The SMILES string of the molecule is COC(=S)CC[C@H]1CN(c2ccc(N3CCNN(C(=O)Cc4ccncc4)CC3)c(F)c2)C(=O)O1. The van der Waals surface area contributed by atoms with E-state index in [9.17, 15) is 9.59 Å². The van der Waals surface area contributed by atoms with Crippen LogP contribution in [-0.2, 0) is 20.7 Å². The number of hydrogen-bond donors (Lipinski definition) is 1. The Balaban J connectivity index is 1.36. The van der Waals surface area contributed by atoms with Gasteiger partial charge in [0.05, 0.1) is 38.0 Å². The monoisotopic (exact) mass is 501 g/mol. The minimum Gasteiger partial charge on any atom is -0.490 e. The van der Waals surface area contributed by atoms with Crippen molar-refractivity contribution >= 4 is 40.6 Å². The fourth-order valence-electron chi connectivity index (χ4n) is 4.14. The first-order chi connectivity index (χ1) is 16.9. The van der Waals surface area contributed by atoms with E-state index in [0.29, 0.717) is 62.0 Å². The topological polar surface area (TPSA) is 87.2 Å². The van der Waals surface area contributed by atoms with Crippen molar-refractivity contribution in [3.63, 3.8) is 0 Å². The number of methoxy groups -OCH3 is 1. The quantitative estimate of drug-likeness (QED) is 0.580. The van der Waals surface area contributed by atoms with Crippen molar-refractivity contribution in [2.45, 2.75) is 25.4 Å². The first-order valence-corrected chi connectivity index (χ1v) is 11.9. The van der Waals surface area contributed by atoms with E-state index in [1.807, 2.05) is 17.0 Å². The van der Waals surface area contributed by atoms with Gasteiger partial charge in [-0.25, -0.2) is 14.6 Å². The highest BCUT2D eigenvalue weighted by molar-refractivity contribution is 7.80. The zero-order chi connectivity index (χ0) is 24.8. The molecular formula is C24H28FN5O4S. The van der Waals surface area contributed by atoms with Crippen molar-refractivity contribution in [3.05, 3.63) is 54.1 Å². The maximum Gasteiger partial charge on any atom is 0.414 e. The molecule has 2 fully saturated rings. The smallest absolute Gasteiger partial charge is 0.414 e. The van der Waals surface area contributed by atoms with Gasteiger partial charge in [0.25, 0.3) is 0 Å². The lowest BCUT2D eigenvalue weighted by Crippen LogP contribution is -2.44. The Morgan fingerprint density at radius 3 is 2.80 bits per heavy atom. The van der Waals surface area contributed by atoms with E-state index in [1.165, 1.54) is 18.1 Å². The number of carbonyl (C=O) groups excluding carboxylic acids is 2. The maximum absolute atomic E-state index is 15.1. The number of cyclic esters (lactones) is 1. The van der Waals surface area contributed by atoms with Crippen LogP contribution in [0.15, 0.2) is 42.7 Å². The van der Waals surface area contributed by atoms with E-state index in [4.69, 9.17) is 21.7 Å². The number of rotatable bonds is 7. The normalized spacial score (nSPS) is 18.3. The predicted octanol–water partition coefficient (Wildman–Crippen LogP) is 2.70. The molecule has 2 amide bonds. The molecule has 1 N–H and O–H groups in total. The third-order valence-corrected chi connectivity index (χ3v) is 6.41. The summed E-state index contributed by atoms with van der Waals surface area (Å²) in [7, 11) is 1.51. The summed E-state index contributed by atoms with van der Waals surface area (Å²) in [5, 5.41) is 2.04. The lowest BCUT2D eigenvalue weighted by Gasteiger charge is -2.24. The number of hydrogen-bond acceptors (Lipinski definition) is 8. The molecule has 0 saturated carbocycles. The second-order valence-electron chi connectivity index (χ2n) is 8.34. The Labute approximate surface area is 208 Å². The Bertz CT molecular complexity index is 1070. The van der Waals surface area contributed by atoms with Crippen LogP contribution in [0, 0.1) is 5.82 Å². The first kappa shape index (κ1) is 24.8. The van der Waals surface area contributed by atoms with Crippen LogP contribution >= 0.6 is 12.2 Å². The lowest BCUT2D eigenvalue weighted by molar-refractivity contribution is -0.133. The molecule has 2 saturated heterocycles. The number of anilines is 2. The number of nitrogens with zero attached hydrogens (tertiary/aromatic N) is 4. The van der Waals surface area contributed by atoms with Gasteiger partial charge in [-0.1, -0.05) is 0 Å². The number of hydrazine groups is 1. The Morgan fingerprint density at radius 1 is 1.26 bits per heavy atom. The summed E-state index contributed by atoms with van der Waals surface area (Å²) in [6, 6.07) is 8.35. The highest BCUT2D eigenvalue weighted by Gasteiger charge is 2.33. The molecule has 0 aliphatic carbocycles. The molecule has 3 heterocycles. The Kier molecular flexibility index (Phi) is 8.09. The standard InChI is InChI=1S/C24H28FN5O4S/c1-33-23(35)5-3-19-16-29(24(32)34-19)18-2-4-21(20(25)15-18)28-11-10-27-30(13-12-28)22(31)14-17-6-8-26-9-7-17/h2,4,6-9,15,19,27H,3,5,10-14,16H2,1H3/t19-/m0/s1. The van der Waals surface area contributed by atoms with E-state index in [0.717, 1.165) is 5.56 Å². The van der Waals surface area contributed by atoms with Crippen molar-refractivity contribution in [2.75, 3.05) is 49.6 Å². The molecular weight excluding hydrogens is 473 g/mol. The van der Waals surface area contributed by atoms with Gasteiger partial charge in [-0.2, -0.15) is 0 Å². The lowest BCUT2D eigenvalue weighted by atomic mass is 10.2. The molecule has 186 valence electrons. The second kappa shape index (κ2) is 11.4. The van der Waals surface area contributed by atoms with Gasteiger partial charge in [0, 0.05) is 38.4 Å². The van der Waals surface area contributed by atoms with Gasteiger partial charge in [0.2, 0.25) is 5.91 Å². The third-order valence-electron chi connectivity index (χ3n) is 6.04. The predicted molar refractivity (Wildman–Crippen MR) is 133 cm³/mol. The maximum atomic E-state index is 15.1. The van der Waals surface area contributed by atoms with Crippen LogP contribution in [0.5, 0.6) is 0 Å². The number of carbonyl (C=O) groups is 2. The van der Waals surface area contributed by atoms with Gasteiger partial charge >= 0.3 is 6.09 Å². The molecule has 9 nitrogen and oxygen atoms in total. The second-order valence-corrected chi connectivity index (χ2v) is 8.80. The molecule has 2 aliphatic rings. The van der Waals surface area contributed by atoms with Crippen molar-refractivity contribution in [3.8, 4) is 0 Å². The van der Waals surface area contributed by atoms with Gasteiger partial charge in [-0.15, -0.1) is 0 Å². The van der Waals surface area contributed by atoms with Crippen LogP contribution in [0.4, 0.5) is 20.6 Å². The number of benzene rings is 1. The molecule has 35 heavy (non-hydrogen) atoms. The fourth-order valence-corrected chi connectivity index (χ4v) is 4.26. The van der Waals surface area contributed by atoms with Gasteiger partial charge < -0.3 is 14.4 Å². The Hall–Kier alpha value is -3.31. The summed E-state index contributed by atoms with van der Waals surface area (Å²) in [4.78, 5) is 32.3. The summed E-state index contributed by atoms with van der Waals surface area (Å²) in [5.74, 6) is -0.488. The molecule has 11 heteroatoms. The number of thiocarbonyl (C=S) groups is 1. The molecule has 1 atom stereocenters. The van der Waals surface area contributed by atoms with E-state index in [1.54, 1.807) is 29.5 Å².